The van der Waals surface area contributed by atoms with Crippen molar-refractivity contribution in [3.8, 4) is 0 Å². The molecule has 0 spiro atoms. The number of amides is 1. The average Bonchev–Trinajstić information content (AvgIpc) is 2.35. The number of nitrogens with two attached hydrogens (primary N) is 1. The van der Waals surface area contributed by atoms with Crippen molar-refractivity contribution in [3.63, 3.8) is 0 Å². The van der Waals surface area contributed by atoms with Gasteiger partial charge in [-0.25, -0.2) is 0 Å². The Labute approximate surface area is 111 Å². The van der Waals surface area contributed by atoms with Crippen molar-refractivity contribution in [3.05, 3.63) is 0 Å². The van der Waals surface area contributed by atoms with E-state index in [0.717, 1.165) is 31.7 Å². The van der Waals surface area contributed by atoms with Crippen molar-refractivity contribution in [2.45, 2.75) is 64.5 Å². The molecule has 4 heteroatoms. The van der Waals surface area contributed by atoms with Crippen LogP contribution in [0.3, 0.4) is 0 Å². The first-order valence-electron chi connectivity index (χ1n) is 7.14. The van der Waals surface area contributed by atoms with Crippen LogP contribution in [0.5, 0.6) is 0 Å². The Kier molecular flexibility index (Phi) is 6.09. The van der Waals surface area contributed by atoms with Crippen LogP contribution in [-0.4, -0.2) is 30.7 Å². The maximum Gasteiger partial charge on any atom is 0.239 e. The Bertz CT molecular complexity index is 263. The van der Waals surface area contributed by atoms with Crippen LogP contribution in [0, 0.1) is 5.92 Å². The predicted molar refractivity (Wildman–Crippen MR) is 73.3 cm³/mol. The summed E-state index contributed by atoms with van der Waals surface area (Å²) in [6.45, 7) is 7.34. The zero-order valence-electron chi connectivity index (χ0n) is 12.0. The van der Waals surface area contributed by atoms with E-state index in [1.54, 1.807) is 0 Å². The summed E-state index contributed by atoms with van der Waals surface area (Å²) in [6.07, 6.45) is 5.92. The van der Waals surface area contributed by atoms with Crippen molar-refractivity contribution in [2.24, 2.45) is 11.7 Å². The van der Waals surface area contributed by atoms with E-state index in [1.807, 2.05) is 6.92 Å². The zero-order chi connectivity index (χ0) is 13.6. The molecule has 1 unspecified atom stereocenters. The largest absolute Gasteiger partial charge is 0.376 e. The normalized spacial score (nSPS) is 27.7. The second-order valence-corrected chi connectivity index (χ2v) is 5.82. The van der Waals surface area contributed by atoms with Gasteiger partial charge < -0.3 is 15.8 Å². The van der Waals surface area contributed by atoms with E-state index in [0.29, 0.717) is 12.7 Å². The zero-order valence-corrected chi connectivity index (χ0v) is 12.0. The number of carbonyl (C=O) groups is 1. The van der Waals surface area contributed by atoms with Gasteiger partial charge in [-0.1, -0.05) is 13.8 Å². The Morgan fingerprint density at radius 3 is 2.50 bits per heavy atom. The summed E-state index contributed by atoms with van der Waals surface area (Å²) in [6, 6.07) is 0. The molecule has 1 amide bonds. The molecular weight excluding hydrogens is 228 g/mol. The summed E-state index contributed by atoms with van der Waals surface area (Å²) in [4.78, 5) is 11.5. The van der Waals surface area contributed by atoms with Crippen LogP contribution in [0.15, 0.2) is 0 Å². The first-order chi connectivity index (χ1) is 8.48. The first kappa shape index (κ1) is 15.4. The number of hydrogen-bond donors (Lipinski definition) is 2. The van der Waals surface area contributed by atoms with Gasteiger partial charge in [-0.3, -0.25) is 4.79 Å². The number of nitrogens with one attached hydrogen (secondary N) is 1. The van der Waals surface area contributed by atoms with Crippen LogP contribution in [-0.2, 0) is 9.53 Å². The molecule has 18 heavy (non-hydrogen) atoms. The highest BCUT2D eigenvalue weighted by molar-refractivity contribution is 5.84. The summed E-state index contributed by atoms with van der Waals surface area (Å²) in [7, 11) is 0. The van der Waals surface area contributed by atoms with Crippen molar-refractivity contribution >= 4 is 5.91 Å². The van der Waals surface area contributed by atoms with Gasteiger partial charge in [-0.05, 0) is 51.5 Å². The number of carbonyl (C=O) groups excluding carboxylic acids is 1. The molecule has 1 atom stereocenters. The third-order valence-corrected chi connectivity index (χ3v) is 3.88. The maximum absolute atomic E-state index is 11.5. The Balaban J connectivity index is 2.39. The van der Waals surface area contributed by atoms with Crippen molar-refractivity contribution in [1.82, 2.24) is 5.32 Å². The molecule has 1 saturated carbocycles. The van der Waals surface area contributed by atoms with Gasteiger partial charge in [-0.15, -0.1) is 0 Å². The highest BCUT2D eigenvalue weighted by atomic mass is 16.5. The smallest absolute Gasteiger partial charge is 0.239 e. The Morgan fingerprint density at radius 1 is 1.39 bits per heavy atom. The highest BCUT2D eigenvalue weighted by Gasteiger charge is 2.32. The van der Waals surface area contributed by atoms with Gasteiger partial charge >= 0.3 is 0 Å². The van der Waals surface area contributed by atoms with Crippen LogP contribution in [0.2, 0.25) is 0 Å². The lowest BCUT2D eigenvalue weighted by Crippen LogP contribution is -2.57. The van der Waals surface area contributed by atoms with E-state index in [4.69, 9.17) is 10.5 Å². The summed E-state index contributed by atoms with van der Waals surface area (Å²) in [5, 5.41) is 3.19. The molecule has 1 aliphatic carbocycles. The molecule has 4 nitrogen and oxygen atoms in total. The highest BCUT2D eigenvalue weighted by Crippen LogP contribution is 2.26. The lowest BCUT2D eigenvalue weighted by molar-refractivity contribution is -0.128. The third-order valence-electron chi connectivity index (χ3n) is 3.88. The molecule has 0 bridgehead atoms. The number of hydrogen-bond acceptors (Lipinski definition) is 3. The minimum Gasteiger partial charge on any atom is -0.376 e. The second kappa shape index (κ2) is 7.10. The number of ether oxygens (including phenoxy) is 1. The van der Waals surface area contributed by atoms with Crippen LogP contribution >= 0.6 is 0 Å². The number of rotatable bonds is 7. The van der Waals surface area contributed by atoms with Gasteiger partial charge in [0, 0.05) is 0 Å². The van der Waals surface area contributed by atoms with E-state index in [-0.39, 0.29) is 5.91 Å². The van der Waals surface area contributed by atoms with E-state index in [9.17, 15) is 4.79 Å². The Hall–Kier alpha value is -0.610. The van der Waals surface area contributed by atoms with Crippen LogP contribution in [0.1, 0.15) is 52.9 Å². The lowest BCUT2D eigenvalue weighted by Gasteiger charge is -2.32. The van der Waals surface area contributed by atoms with E-state index < -0.39 is 5.54 Å². The van der Waals surface area contributed by atoms with Crippen LogP contribution in [0.4, 0.5) is 0 Å². The van der Waals surface area contributed by atoms with Gasteiger partial charge in [0.1, 0.15) is 5.54 Å². The fourth-order valence-corrected chi connectivity index (χ4v) is 2.29. The molecule has 0 radical (unpaired) electrons. The van der Waals surface area contributed by atoms with Crippen molar-refractivity contribution in [1.29, 1.82) is 0 Å². The summed E-state index contributed by atoms with van der Waals surface area (Å²) in [5.41, 5.74) is 4.73. The second-order valence-electron chi connectivity index (χ2n) is 5.82. The molecule has 0 saturated heterocycles. The lowest BCUT2D eigenvalue weighted by atomic mass is 9.89. The minimum absolute atomic E-state index is 0.295. The number of primary amides is 1. The minimum atomic E-state index is -0.737. The van der Waals surface area contributed by atoms with Gasteiger partial charge in [0.15, 0.2) is 0 Å². The summed E-state index contributed by atoms with van der Waals surface area (Å²) < 4.78 is 5.89. The summed E-state index contributed by atoms with van der Waals surface area (Å²) in [5.74, 6) is 0.478. The molecule has 1 fully saturated rings. The molecule has 0 aromatic rings. The fourth-order valence-electron chi connectivity index (χ4n) is 2.29. The predicted octanol–water partition coefficient (Wildman–Crippen LogP) is 1.83. The monoisotopic (exact) mass is 256 g/mol. The van der Waals surface area contributed by atoms with Gasteiger partial charge in [-0.2, -0.15) is 0 Å². The van der Waals surface area contributed by atoms with Gasteiger partial charge in [0.05, 0.1) is 12.7 Å². The van der Waals surface area contributed by atoms with Crippen LogP contribution in [0.25, 0.3) is 0 Å². The molecule has 0 aromatic heterocycles. The topological polar surface area (TPSA) is 64.3 Å². The standard InChI is InChI=1S/C14H28N2O2/c1-4-9-16-14(3,13(15)17)10-18-12-7-5-11(2)6-8-12/h11-12,16H,4-10H2,1-3H3,(H2,15,17). The molecule has 0 aromatic carbocycles. The maximum atomic E-state index is 11.5. The summed E-state index contributed by atoms with van der Waals surface area (Å²) >= 11 is 0. The van der Waals surface area contributed by atoms with E-state index >= 15 is 0 Å². The Morgan fingerprint density at radius 2 is 2.00 bits per heavy atom. The molecule has 1 rings (SSSR count). The van der Waals surface area contributed by atoms with Gasteiger partial charge in [0.25, 0.3) is 0 Å². The third kappa shape index (κ3) is 4.58. The SMILES string of the molecule is CCCNC(C)(COC1CCC(C)CC1)C(N)=O. The van der Waals surface area contributed by atoms with Crippen molar-refractivity contribution < 1.29 is 9.53 Å². The average molecular weight is 256 g/mol. The van der Waals surface area contributed by atoms with Crippen molar-refractivity contribution in [2.75, 3.05) is 13.2 Å². The fraction of sp³-hybridized carbons (Fsp3) is 0.929. The molecular formula is C14H28N2O2. The molecule has 106 valence electrons. The molecule has 0 aliphatic heterocycles. The first-order valence-corrected chi connectivity index (χ1v) is 7.14. The van der Waals surface area contributed by atoms with Crippen LogP contribution < -0.4 is 11.1 Å². The quantitative estimate of drug-likeness (QED) is 0.730. The molecule has 0 heterocycles. The van der Waals surface area contributed by atoms with Gasteiger partial charge in [0.2, 0.25) is 5.91 Å². The van der Waals surface area contributed by atoms with E-state index in [2.05, 4.69) is 19.2 Å². The molecule has 3 N–H and O–H groups in total. The van der Waals surface area contributed by atoms with E-state index in [1.165, 1.54) is 12.8 Å². The molecule has 1 aliphatic rings.